The first-order valence-corrected chi connectivity index (χ1v) is 23.9. The Kier molecular flexibility index (Phi) is 8.52. The second-order valence-corrected chi connectivity index (χ2v) is 18.3. The summed E-state index contributed by atoms with van der Waals surface area (Å²) in [4.78, 5) is 16.3. The Balaban J connectivity index is 1.04. The van der Waals surface area contributed by atoms with E-state index in [0.29, 0.717) is 17.6 Å². The number of nitrogens with zero attached hydrogens (tertiary/aromatic N) is 6. The van der Waals surface area contributed by atoms with Crippen LogP contribution in [0, 0.1) is 0 Å². The van der Waals surface area contributed by atoms with E-state index in [4.69, 9.17) is 19.4 Å². The summed E-state index contributed by atoms with van der Waals surface area (Å²) in [6.45, 7) is 0. The molecule has 0 bridgehead atoms. The van der Waals surface area contributed by atoms with Gasteiger partial charge in [-0.15, -0.1) is 0 Å². The lowest BCUT2D eigenvalue weighted by molar-refractivity contribution is -0.578. The average Bonchev–Trinajstić information content (AvgIpc) is 4.09. The van der Waals surface area contributed by atoms with Gasteiger partial charge in [-0.3, -0.25) is 0 Å². The lowest BCUT2D eigenvalue weighted by atomic mass is 10.0. The molecule has 7 heteroatoms. The maximum absolute atomic E-state index is 7.08. The molecular weight excluding hydrogens is 869 g/mol. The number of fused-ring (bicyclic) bond motifs is 11. The number of aromatic nitrogens is 6. The lowest BCUT2D eigenvalue weighted by Crippen LogP contribution is -2.36. The zero-order valence-corrected chi connectivity index (χ0v) is 38.1. The van der Waals surface area contributed by atoms with Crippen molar-refractivity contribution in [2.75, 3.05) is 0 Å². The van der Waals surface area contributed by atoms with E-state index in [1.807, 2.05) is 6.07 Å². The number of hydrogen-bond acceptors (Lipinski definition) is 4. The van der Waals surface area contributed by atoms with Gasteiger partial charge in [0, 0.05) is 38.1 Å². The van der Waals surface area contributed by atoms with Crippen molar-refractivity contribution in [1.82, 2.24) is 24.1 Å². The second-order valence-electron chi connectivity index (χ2n) is 18.3. The highest BCUT2D eigenvalue weighted by molar-refractivity contribution is 6.17. The van der Waals surface area contributed by atoms with Crippen molar-refractivity contribution in [3.05, 3.63) is 237 Å². The summed E-state index contributed by atoms with van der Waals surface area (Å²) in [6.07, 6.45) is 2.06. The summed E-state index contributed by atoms with van der Waals surface area (Å²) in [7, 11) is 0. The van der Waals surface area contributed by atoms with Crippen LogP contribution in [0.3, 0.4) is 0 Å². The highest BCUT2D eigenvalue weighted by Gasteiger charge is 2.27. The molecule has 15 aromatic rings. The van der Waals surface area contributed by atoms with Gasteiger partial charge in [0.15, 0.2) is 5.58 Å². The Morgan fingerprint density at radius 2 is 0.901 bits per heavy atom. The van der Waals surface area contributed by atoms with E-state index in [1.54, 1.807) is 0 Å². The lowest BCUT2D eigenvalue weighted by Gasteiger charge is -2.12. The molecule has 0 saturated heterocycles. The molecule has 0 N–H and O–H groups in total. The van der Waals surface area contributed by atoms with Crippen LogP contribution in [0.15, 0.2) is 241 Å². The molecule has 0 atom stereocenters. The van der Waals surface area contributed by atoms with Crippen molar-refractivity contribution < 1.29 is 8.98 Å². The van der Waals surface area contributed by atoms with E-state index in [1.165, 1.54) is 10.8 Å². The normalized spacial score (nSPS) is 11.9. The predicted octanol–water partition coefficient (Wildman–Crippen LogP) is 15.5. The van der Waals surface area contributed by atoms with Gasteiger partial charge in [-0.1, -0.05) is 156 Å². The third-order valence-corrected chi connectivity index (χ3v) is 14.2. The summed E-state index contributed by atoms with van der Waals surface area (Å²) in [5.74, 6) is 1.59. The van der Waals surface area contributed by atoms with Crippen molar-refractivity contribution >= 4 is 87.2 Å². The first-order chi connectivity index (χ1) is 35.2. The second kappa shape index (κ2) is 15.4. The molecule has 0 unspecified atom stereocenters. The molecule has 0 amide bonds. The maximum atomic E-state index is 7.08. The van der Waals surface area contributed by atoms with Crippen molar-refractivity contribution in [3.63, 3.8) is 0 Å². The molecule has 5 heterocycles. The summed E-state index contributed by atoms with van der Waals surface area (Å²) in [5.41, 5.74) is 11.7. The first kappa shape index (κ1) is 39.3. The van der Waals surface area contributed by atoms with Gasteiger partial charge in [-0.2, -0.15) is 9.55 Å². The quantitative estimate of drug-likeness (QED) is 0.156. The summed E-state index contributed by atoms with van der Waals surface area (Å²) >= 11 is 0. The Bertz CT molecular complexity index is 4630. The third-order valence-electron chi connectivity index (χ3n) is 14.2. The molecular formula is C64H39N6O+. The van der Waals surface area contributed by atoms with Gasteiger partial charge in [0.25, 0.3) is 0 Å². The molecule has 0 saturated carbocycles. The van der Waals surface area contributed by atoms with E-state index in [9.17, 15) is 0 Å². The Morgan fingerprint density at radius 3 is 1.63 bits per heavy atom. The van der Waals surface area contributed by atoms with Gasteiger partial charge in [-0.25, -0.2) is 4.57 Å². The molecule has 0 aliphatic heterocycles. The number of para-hydroxylation sites is 3. The van der Waals surface area contributed by atoms with E-state index in [2.05, 4.69) is 244 Å². The van der Waals surface area contributed by atoms with E-state index in [-0.39, 0.29) is 0 Å². The number of hydrogen-bond donors (Lipinski definition) is 0. The van der Waals surface area contributed by atoms with E-state index < -0.39 is 0 Å². The fourth-order valence-electron chi connectivity index (χ4n) is 10.9. The average molecular weight is 908 g/mol. The molecule has 5 aromatic heterocycles. The van der Waals surface area contributed by atoms with Crippen molar-refractivity contribution in [2.24, 2.45) is 0 Å². The molecule has 0 spiro atoms. The SMILES string of the molecule is c1ccc(-c2ccc(-c3nc(-c4cc(-n5c6ccccc6c6cc7ccccc7cc65)c5oc6cc7ccccc7cc6c5c4)nc(-[n+]4cccc5c6ccccc6n(-c6ccccc6)c54)n3)cc2)cc1. The van der Waals surface area contributed by atoms with Gasteiger partial charge in [0.1, 0.15) is 5.58 Å². The predicted molar refractivity (Wildman–Crippen MR) is 289 cm³/mol. The van der Waals surface area contributed by atoms with Crippen LogP contribution in [-0.4, -0.2) is 24.1 Å². The molecule has 330 valence electrons. The third kappa shape index (κ3) is 6.16. The zero-order valence-electron chi connectivity index (χ0n) is 38.1. The molecule has 0 radical (unpaired) electrons. The minimum Gasteiger partial charge on any atom is -0.454 e. The first-order valence-electron chi connectivity index (χ1n) is 23.9. The number of rotatable bonds is 6. The van der Waals surface area contributed by atoms with Crippen molar-refractivity contribution in [1.29, 1.82) is 0 Å². The standard InChI is InChI=1S/C64H39N6O/c1-3-16-40(17-4-1)41-29-31-42(32-30-41)61-65-62(67-64(66-61)68-33-15-26-51-49-24-11-13-27-55(49)69(63(51)68)48-22-5-2-6-23-48)47-36-54-53-35-44-19-8-10-21-46(44)39-59(53)71-60(54)58(38-47)70-56-28-14-12-25-50(56)52-34-43-18-7-9-20-45(43)37-57(52)70/h1-39H/q+1. The van der Waals surface area contributed by atoms with Crippen LogP contribution in [0.5, 0.6) is 0 Å². The Labute approximate surface area is 406 Å². The smallest absolute Gasteiger partial charge is 0.393 e. The zero-order chi connectivity index (χ0) is 46.6. The number of furan rings is 1. The number of pyridine rings is 1. The van der Waals surface area contributed by atoms with Crippen molar-refractivity contribution in [3.8, 4) is 51.2 Å². The highest BCUT2D eigenvalue weighted by Crippen LogP contribution is 2.42. The van der Waals surface area contributed by atoms with Crippen LogP contribution in [0.4, 0.5) is 0 Å². The largest absolute Gasteiger partial charge is 0.454 e. The topological polar surface area (TPSA) is 65.6 Å². The monoisotopic (exact) mass is 907 g/mol. The Hall–Kier alpha value is -9.72. The van der Waals surface area contributed by atoms with Gasteiger partial charge >= 0.3 is 5.95 Å². The van der Waals surface area contributed by atoms with Crippen LogP contribution in [0.25, 0.3) is 138 Å². The van der Waals surface area contributed by atoms with Crippen LogP contribution in [-0.2, 0) is 0 Å². The van der Waals surface area contributed by atoms with E-state index in [0.717, 1.165) is 110 Å². The Morgan fingerprint density at radius 1 is 0.352 bits per heavy atom. The molecule has 71 heavy (non-hydrogen) atoms. The van der Waals surface area contributed by atoms with Crippen LogP contribution >= 0.6 is 0 Å². The van der Waals surface area contributed by atoms with Crippen LogP contribution < -0.4 is 4.57 Å². The summed E-state index contributed by atoms with van der Waals surface area (Å²) < 4.78 is 13.9. The number of benzene rings is 10. The summed E-state index contributed by atoms with van der Waals surface area (Å²) in [6, 6.07) is 81.5. The minimum atomic E-state index is 0.496. The van der Waals surface area contributed by atoms with Gasteiger partial charge in [0.05, 0.1) is 39.5 Å². The van der Waals surface area contributed by atoms with Crippen molar-refractivity contribution in [2.45, 2.75) is 0 Å². The molecule has 15 rings (SSSR count). The highest BCUT2D eigenvalue weighted by atomic mass is 16.3. The fraction of sp³-hybridized carbons (Fsp3) is 0. The molecule has 7 nitrogen and oxygen atoms in total. The fourth-order valence-corrected chi connectivity index (χ4v) is 10.9. The van der Waals surface area contributed by atoms with Gasteiger partial charge in [-0.05, 0) is 118 Å². The minimum absolute atomic E-state index is 0.496. The van der Waals surface area contributed by atoms with Gasteiger partial charge < -0.3 is 8.98 Å². The van der Waals surface area contributed by atoms with Crippen LogP contribution in [0.2, 0.25) is 0 Å². The molecule has 0 fully saturated rings. The summed E-state index contributed by atoms with van der Waals surface area (Å²) in [5, 5.41) is 11.2. The van der Waals surface area contributed by atoms with Gasteiger partial charge in [0.2, 0.25) is 17.3 Å². The molecule has 10 aromatic carbocycles. The molecule has 0 aliphatic carbocycles. The van der Waals surface area contributed by atoms with Crippen LogP contribution in [0.1, 0.15) is 0 Å². The molecule has 0 aliphatic rings. The maximum Gasteiger partial charge on any atom is 0.393 e. The van der Waals surface area contributed by atoms with E-state index >= 15 is 0 Å².